The first kappa shape index (κ1) is 13.9. The van der Waals surface area contributed by atoms with E-state index in [0.717, 1.165) is 6.07 Å². The summed E-state index contributed by atoms with van der Waals surface area (Å²) in [5.74, 6) is -2.18. The molecule has 0 saturated heterocycles. The lowest BCUT2D eigenvalue weighted by Crippen LogP contribution is -2.18. The van der Waals surface area contributed by atoms with Crippen LogP contribution >= 0.6 is 0 Å². The normalized spacial score (nSPS) is 11.2. The van der Waals surface area contributed by atoms with Crippen molar-refractivity contribution < 1.29 is 18.3 Å². The summed E-state index contributed by atoms with van der Waals surface area (Å²) in [5, 5.41) is 8.78. The molecule has 1 aromatic heterocycles. The summed E-state index contributed by atoms with van der Waals surface area (Å²) in [6, 6.07) is 8.42. The third-order valence-electron chi connectivity index (χ3n) is 2.44. The van der Waals surface area contributed by atoms with Gasteiger partial charge in [-0.3, -0.25) is 4.79 Å². The summed E-state index contributed by atoms with van der Waals surface area (Å²) in [6.45, 7) is 0. The Morgan fingerprint density at radius 2 is 1.90 bits per heavy atom. The van der Waals surface area contributed by atoms with E-state index < -0.39 is 32.8 Å². The number of sulfone groups is 1. The number of nitrogens with one attached hydrogen (secondary N) is 1. The molecule has 0 spiro atoms. The summed E-state index contributed by atoms with van der Waals surface area (Å²) in [6.07, 6.45) is 0. The molecule has 2 N–H and O–H groups in total. The highest BCUT2D eigenvalue weighted by atomic mass is 32.2. The third kappa shape index (κ3) is 3.09. The van der Waals surface area contributed by atoms with Gasteiger partial charge < -0.3 is 10.1 Å². The van der Waals surface area contributed by atoms with Gasteiger partial charge in [0.15, 0.2) is 15.5 Å². The van der Waals surface area contributed by atoms with Gasteiger partial charge in [-0.15, -0.1) is 0 Å². The fourth-order valence-corrected chi connectivity index (χ4v) is 2.81. The topological polar surface area (TPSA) is 117 Å². The first-order chi connectivity index (χ1) is 9.38. The number of carboxylic acid groups (broad SMARTS) is 1. The maximum atomic E-state index is 12.1. The lowest BCUT2D eigenvalue weighted by atomic mass is 10.4. The zero-order chi connectivity index (χ0) is 14.8. The maximum absolute atomic E-state index is 12.1. The van der Waals surface area contributed by atoms with E-state index in [1.807, 2.05) is 0 Å². The Morgan fingerprint density at radius 3 is 2.50 bits per heavy atom. The molecule has 0 saturated carbocycles. The number of rotatable bonds is 4. The molecule has 0 aliphatic heterocycles. The number of H-pyrrole nitrogens is 1. The number of aromatic nitrogens is 2. The Morgan fingerprint density at radius 1 is 1.25 bits per heavy atom. The molecule has 0 fully saturated rings. The van der Waals surface area contributed by atoms with Crippen molar-refractivity contribution in [1.29, 1.82) is 0 Å². The minimum absolute atomic E-state index is 0.0726. The molecule has 0 bridgehead atoms. The van der Waals surface area contributed by atoms with Gasteiger partial charge in [-0.2, -0.15) is 0 Å². The number of carboxylic acids is 1. The average Bonchev–Trinajstić information content (AvgIpc) is 2.38. The lowest BCUT2D eigenvalue weighted by Gasteiger charge is -2.04. The molecule has 20 heavy (non-hydrogen) atoms. The Labute approximate surface area is 113 Å². The van der Waals surface area contributed by atoms with Gasteiger partial charge >= 0.3 is 5.97 Å². The summed E-state index contributed by atoms with van der Waals surface area (Å²) in [7, 11) is -3.70. The zero-order valence-electron chi connectivity index (χ0n) is 10.1. The third-order valence-corrected chi connectivity index (χ3v) is 4.08. The molecule has 0 atom stereocenters. The van der Waals surface area contributed by atoms with Crippen molar-refractivity contribution in [2.75, 3.05) is 0 Å². The number of benzene rings is 1. The fraction of sp³-hybridized carbons (Fsp3) is 0.0833. The van der Waals surface area contributed by atoms with Gasteiger partial charge in [-0.25, -0.2) is 18.2 Å². The van der Waals surface area contributed by atoms with Gasteiger partial charge in [0.1, 0.15) is 11.6 Å². The van der Waals surface area contributed by atoms with Gasteiger partial charge in [-0.1, -0.05) is 18.2 Å². The van der Waals surface area contributed by atoms with E-state index in [1.165, 1.54) is 12.1 Å². The van der Waals surface area contributed by atoms with Crippen LogP contribution in [-0.4, -0.2) is 29.5 Å². The molecule has 0 aliphatic carbocycles. The van der Waals surface area contributed by atoms with E-state index >= 15 is 0 Å². The Kier molecular flexibility index (Phi) is 3.66. The van der Waals surface area contributed by atoms with Gasteiger partial charge in [0.05, 0.1) is 4.90 Å². The fourth-order valence-electron chi connectivity index (χ4n) is 1.58. The van der Waals surface area contributed by atoms with E-state index in [9.17, 15) is 18.0 Å². The van der Waals surface area contributed by atoms with Crippen LogP contribution in [0.2, 0.25) is 0 Å². The molecule has 1 heterocycles. The van der Waals surface area contributed by atoms with Crippen LogP contribution in [0.1, 0.15) is 16.3 Å². The molecule has 8 heteroatoms. The van der Waals surface area contributed by atoms with Gasteiger partial charge in [0.2, 0.25) is 0 Å². The SMILES string of the molecule is O=C(O)c1cc(=O)[nH]c(CS(=O)(=O)c2ccccc2)n1. The summed E-state index contributed by atoms with van der Waals surface area (Å²) in [5.41, 5.74) is -1.21. The number of nitrogens with zero attached hydrogens (tertiary/aromatic N) is 1. The van der Waals surface area contributed by atoms with Crippen LogP contribution in [0.25, 0.3) is 0 Å². The highest BCUT2D eigenvalue weighted by Crippen LogP contribution is 2.13. The van der Waals surface area contributed by atoms with Crippen LogP contribution < -0.4 is 5.56 Å². The molecule has 104 valence electrons. The second-order valence-corrected chi connectivity index (χ2v) is 5.94. The van der Waals surface area contributed by atoms with E-state index in [1.54, 1.807) is 18.2 Å². The maximum Gasteiger partial charge on any atom is 0.354 e. The second kappa shape index (κ2) is 5.25. The van der Waals surface area contributed by atoms with Gasteiger partial charge in [-0.05, 0) is 12.1 Å². The molecule has 0 amide bonds. The minimum Gasteiger partial charge on any atom is -0.477 e. The summed E-state index contributed by atoms with van der Waals surface area (Å²) < 4.78 is 24.2. The predicted molar refractivity (Wildman–Crippen MR) is 69.1 cm³/mol. The monoisotopic (exact) mass is 294 g/mol. The smallest absolute Gasteiger partial charge is 0.354 e. The highest BCUT2D eigenvalue weighted by Gasteiger charge is 2.18. The molecule has 0 aliphatic rings. The first-order valence-electron chi connectivity index (χ1n) is 5.50. The van der Waals surface area contributed by atoms with Crippen LogP contribution in [0.4, 0.5) is 0 Å². The summed E-state index contributed by atoms with van der Waals surface area (Å²) >= 11 is 0. The van der Waals surface area contributed by atoms with Gasteiger partial charge in [0.25, 0.3) is 5.56 Å². The lowest BCUT2D eigenvalue weighted by molar-refractivity contribution is 0.0689. The zero-order valence-corrected chi connectivity index (χ0v) is 10.9. The second-order valence-electron chi connectivity index (χ2n) is 3.95. The van der Waals surface area contributed by atoms with Crippen LogP contribution in [0.3, 0.4) is 0 Å². The standard InChI is InChI=1S/C12H10N2O5S/c15-11-6-9(12(16)17)13-10(14-11)7-20(18,19)8-4-2-1-3-5-8/h1-6H,7H2,(H,16,17)(H,13,14,15). The van der Waals surface area contributed by atoms with Crippen LogP contribution in [-0.2, 0) is 15.6 Å². The van der Waals surface area contributed by atoms with Crippen molar-refractivity contribution in [1.82, 2.24) is 9.97 Å². The number of hydrogen-bond acceptors (Lipinski definition) is 5. The molecule has 1 aromatic carbocycles. The van der Waals surface area contributed by atoms with E-state index in [4.69, 9.17) is 5.11 Å². The van der Waals surface area contributed by atoms with Crippen LogP contribution in [0.5, 0.6) is 0 Å². The van der Waals surface area contributed by atoms with Crippen molar-refractivity contribution in [3.63, 3.8) is 0 Å². The van der Waals surface area contributed by atoms with Crippen LogP contribution in [0, 0.1) is 0 Å². The molecule has 0 unspecified atom stereocenters. The van der Waals surface area contributed by atoms with Crippen molar-refractivity contribution >= 4 is 15.8 Å². The Hall–Kier alpha value is -2.48. The Bertz CT molecular complexity index is 796. The van der Waals surface area contributed by atoms with E-state index in [0.29, 0.717) is 0 Å². The van der Waals surface area contributed by atoms with Crippen molar-refractivity contribution in [3.05, 3.63) is 58.3 Å². The van der Waals surface area contributed by atoms with E-state index in [2.05, 4.69) is 9.97 Å². The molecule has 0 radical (unpaired) electrons. The molecule has 2 aromatic rings. The first-order valence-corrected chi connectivity index (χ1v) is 7.15. The molecule has 7 nitrogen and oxygen atoms in total. The quantitative estimate of drug-likeness (QED) is 0.845. The Balaban J connectivity index is 2.40. The van der Waals surface area contributed by atoms with Crippen molar-refractivity contribution in [2.24, 2.45) is 0 Å². The minimum atomic E-state index is -3.70. The van der Waals surface area contributed by atoms with E-state index in [-0.39, 0.29) is 10.7 Å². The van der Waals surface area contributed by atoms with Crippen molar-refractivity contribution in [3.8, 4) is 0 Å². The van der Waals surface area contributed by atoms with Crippen molar-refractivity contribution in [2.45, 2.75) is 10.6 Å². The highest BCUT2D eigenvalue weighted by molar-refractivity contribution is 7.90. The number of carbonyl (C=O) groups is 1. The molecule has 2 rings (SSSR count). The number of aromatic carboxylic acids is 1. The number of hydrogen-bond donors (Lipinski definition) is 2. The number of aromatic amines is 1. The average molecular weight is 294 g/mol. The summed E-state index contributed by atoms with van der Waals surface area (Å²) in [4.78, 5) is 28.0. The largest absolute Gasteiger partial charge is 0.477 e. The van der Waals surface area contributed by atoms with Gasteiger partial charge in [0, 0.05) is 6.07 Å². The predicted octanol–water partition coefficient (Wildman–Crippen LogP) is 0.442. The van der Waals surface area contributed by atoms with Crippen LogP contribution in [0.15, 0.2) is 46.1 Å². The molecular formula is C12H10N2O5S. The molecular weight excluding hydrogens is 284 g/mol.